The molecular weight excluding hydrogens is 268 g/mol. The van der Waals surface area contributed by atoms with Crippen LogP contribution in [0.15, 0.2) is 35.5 Å². The highest BCUT2D eigenvalue weighted by molar-refractivity contribution is 6.31. The second kappa shape index (κ2) is 4.75. The Balaban J connectivity index is 2.65. The number of hydrogen-bond acceptors (Lipinski definition) is 3. The lowest BCUT2D eigenvalue weighted by molar-refractivity contribution is -0.159. The molecule has 1 unspecified atom stereocenters. The zero-order valence-electron chi connectivity index (χ0n) is 9.94. The van der Waals surface area contributed by atoms with Gasteiger partial charge in [-0.15, -0.1) is 11.6 Å². The van der Waals surface area contributed by atoms with Crippen LogP contribution in [0.3, 0.4) is 0 Å². The molecule has 6 heteroatoms. The zero-order chi connectivity index (χ0) is 14.0. The van der Waals surface area contributed by atoms with E-state index in [2.05, 4.69) is 10.2 Å². The van der Waals surface area contributed by atoms with Gasteiger partial charge in [0, 0.05) is 18.2 Å². The topological polar surface area (TPSA) is 59.8 Å². The number of nitrogens with zero attached hydrogens (tertiary/aromatic N) is 1. The number of benzene rings is 1. The van der Waals surface area contributed by atoms with E-state index in [9.17, 15) is 9.59 Å². The molecule has 0 saturated carbocycles. The van der Waals surface area contributed by atoms with Crippen molar-refractivity contribution in [3.05, 3.63) is 52.5 Å². The summed E-state index contributed by atoms with van der Waals surface area (Å²) in [5.74, 6) is -1.19. The third-order valence-electron chi connectivity index (χ3n) is 2.65. The Kier molecular flexibility index (Phi) is 3.28. The third-order valence-corrected chi connectivity index (χ3v) is 2.84. The smallest absolute Gasteiger partial charge is 0.304 e. The van der Waals surface area contributed by atoms with Crippen molar-refractivity contribution >= 4 is 29.2 Å². The van der Waals surface area contributed by atoms with Gasteiger partial charge in [-0.05, 0) is 12.1 Å². The average molecular weight is 277 g/mol. The van der Waals surface area contributed by atoms with E-state index in [-0.39, 0.29) is 5.16 Å². The van der Waals surface area contributed by atoms with Crippen LogP contribution < -0.4 is 5.32 Å². The number of nitrogens with one attached hydrogen (secondary N) is 1. The van der Waals surface area contributed by atoms with Gasteiger partial charge in [0.2, 0.25) is 5.60 Å². The van der Waals surface area contributed by atoms with Crippen LogP contribution in [0, 0.1) is 6.57 Å². The number of anilines is 1. The molecule has 1 heterocycles. The predicted octanol–water partition coefficient (Wildman–Crippen LogP) is 2.40. The summed E-state index contributed by atoms with van der Waals surface area (Å²) < 4.78 is 5.15. The number of fused-ring (bicyclic) bond motifs is 1. The third kappa shape index (κ3) is 2.18. The Bertz CT molecular complexity index is 633. The maximum Gasteiger partial charge on any atom is 0.304 e. The van der Waals surface area contributed by atoms with Gasteiger partial charge in [-0.2, -0.15) is 0 Å². The van der Waals surface area contributed by atoms with Crippen LogP contribution in [0.4, 0.5) is 5.69 Å². The van der Waals surface area contributed by atoms with Gasteiger partial charge < -0.3 is 10.1 Å². The molecule has 1 atom stereocenters. The molecule has 1 aliphatic rings. The summed E-state index contributed by atoms with van der Waals surface area (Å²) in [5.41, 5.74) is -0.694. The molecule has 0 spiro atoms. The van der Waals surface area contributed by atoms with Crippen LogP contribution >= 0.6 is 11.6 Å². The van der Waals surface area contributed by atoms with Crippen LogP contribution in [0.2, 0.25) is 0 Å². The molecule has 96 valence electrons. The maximum absolute atomic E-state index is 12.1. The lowest BCUT2D eigenvalue weighted by atomic mass is 9.95. The summed E-state index contributed by atoms with van der Waals surface area (Å²) in [6.45, 7) is 8.03. The molecule has 0 bridgehead atoms. The molecule has 2 rings (SSSR count). The summed E-state index contributed by atoms with van der Waals surface area (Å²) >= 11 is 5.69. The second-order valence-corrected chi connectivity index (χ2v) is 4.30. The minimum Gasteiger partial charge on any atom is -0.441 e. The van der Waals surface area contributed by atoms with E-state index in [4.69, 9.17) is 22.9 Å². The molecule has 1 aromatic rings. The first-order valence-corrected chi connectivity index (χ1v) is 5.74. The number of ether oxygens (including phenoxy) is 1. The molecule has 1 N–H and O–H groups in total. The minimum absolute atomic E-state index is 0.242. The predicted molar refractivity (Wildman–Crippen MR) is 69.1 cm³/mol. The largest absolute Gasteiger partial charge is 0.441 e. The molecule has 0 fully saturated rings. The van der Waals surface area contributed by atoms with Crippen molar-refractivity contribution < 1.29 is 14.3 Å². The van der Waals surface area contributed by atoms with Crippen molar-refractivity contribution in [2.75, 3.05) is 5.32 Å². The van der Waals surface area contributed by atoms with Gasteiger partial charge in [0.1, 0.15) is 0 Å². The first-order valence-electron chi connectivity index (χ1n) is 5.36. The number of carbonyl (C=O) groups excluding carboxylic acids is 2. The van der Waals surface area contributed by atoms with E-state index in [0.29, 0.717) is 11.3 Å². The van der Waals surface area contributed by atoms with Crippen molar-refractivity contribution in [2.24, 2.45) is 0 Å². The summed E-state index contributed by atoms with van der Waals surface area (Å²) in [4.78, 5) is 26.4. The fourth-order valence-electron chi connectivity index (χ4n) is 1.95. The standard InChI is InChI=1S/C13H9ClN2O3/c1-8(17)19-13(7-11(14)15-2)9-5-3-4-6-10(9)16-12(13)18/h3-7H,1H3,(H,16,18)/b11-7+. The molecule has 19 heavy (non-hydrogen) atoms. The van der Waals surface area contributed by atoms with Crippen LogP contribution in [0.5, 0.6) is 0 Å². The van der Waals surface area contributed by atoms with Crippen molar-refractivity contribution in [2.45, 2.75) is 12.5 Å². The van der Waals surface area contributed by atoms with E-state index < -0.39 is 17.5 Å². The molecule has 1 amide bonds. The van der Waals surface area contributed by atoms with Crippen molar-refractivity contribution in [3.8, 4) is 0 Å². The fourth-order valence-corrected chi connectivity index (χ4v) is 2.11. The minimum atomic E-state index is -1.68. The Hall–Kier alpha value is -2.32. The van der Waals surface area contributed by atoms with Gasteiger partial charge in [0.25, 0.3) is 11.1 Å². The fraction of sp³-hybridized carbons (Fsp3) is 0.154. The monoisotopic (exact) mass is 276 g/mol. The van der Waals surface area contributed by atoms with Gasteiger partial charge in [0.05, 0.1) is 6.57 Å². The number of hydrogen-bond donors (Lipinski definition) is 1. The van der Waals surface area contributed by atoms with Crippen LogP contribution in [0.1, 0.15) is 12.5 Å². The molecule has 0 saturated heterocycles. The highest BCUT2D eigenvalue weighted by Crippen LogP contribution is 2.41. The lowest BCUT2D eigenvalue weighted by Gasteiger charge is -2.23. The first-order chi connectivity index (χ1) is 8.99. The number of carbonyl (C=O) groups is 2. The number of rotatable bonds is 2. The Morgan fingerprint density at radius 1 is 1.53 bits per heavy atom. The summed E-state index contributed by atoms with van der Waals surface area (Å²) in [5, 5.41) is 2.36. The SMILES string of the molecule is [C-]#[N+]/C(Cl)=C/C1(OC(C)=O)C(=O)Nc2ccccc21. The Morgan fingerprint density at radius 2 is 2.21 bits per heavy atom. The van der Waals surface area contributed by atoms with E-state index in [0.717, 1.165) is 6.08 Å². The quantitative estimate of drug-likeness (QED) is 0.513. The molecule has 0 radical (unpaired) electrons. The number of para-hydroxylation sites is 1. The average Bonchev–Trinajstić information content (AvgIpc) is 2.62. The van der Waals surface area contributed by atoms with E-state index in [1.807, 2.05) is 0 Å². The van der Waals surface area contributed by atoms with E-state index in [1.54, 1.807) is 24.3 Å². The number of esters is 1. The highest BCUT2D eigenvalue weighted by atomic mass is 35.5. The van der Waals surface area contributed by atoms with E-state index >= 15 is 0 Å². The van der Waals surface area contributed by atoms with Gasteiger partial charge in [-0.25, -0.2) is 4.85 Å². The zero-order valence-corrected chi connectivity index (χ0v) is 10.7. The van der Waals surface area contributed by atoms with Crippen molar-refractivity contribution in [1.82, 2.24) is 0 Å². The molecule has 0 aromatic heterocycles. The van der Waals surface area contributed by atoms with Crippen LogP contribution in [0.25, 0.3) is 4.85 Å². The van der Waals surface area contributed by atoms with Crippen LogP contribution in [-0.2, 0) is 19.9 Å². The normalized spacial score (nSPS) is 21.3. The van der Waals surface area contributed by atoms with Crippen molar-refractivity contribution in [1.29, 1.82) is 0 Å². The lowest BCUT2D eigenvalue weighted by Crippen LogP contribution is -2.37. The van der Waals surface area contributed by atoms with Gasteiger partial charge in [0.15, 0.2) is 0 Å². The maximum atomic E-state index is 12.1. The molecular formula is C13H9ClN2O3. The Morgan fingerprint density at radius 3 is 2.84 bits per heavy atom. The molecule has 0 aliphatic carbocycles. The van der Waals surface area contributed by atoms with Crippen molar-refractivity contribution in [3.63, 3.8) is 0 Å². The van der Waals surface area contributed by atoms with E-state index in [1.165, 1.54) is 6.92 Å². The van der Waals surface area contributed by atoms with Gasteiger partial charge in [-0.3, -0.25) is 9.59 Å². The Labute approximate surface area is 114 Å². The number of amides is 1. The first kappa shape index (κ1) is 13.1. The summed E-state index contributed by atoms with van der Waals surface area (Å²) in [6.07, 6.45) is 1.14. The van der Waals surface area contributed by atoms with Crippen LogP contribution in [-0.4, -0.2) is 11.9 Å². The highest BCUT2D eigenvalue weighted by Gasteiger charge is 2.48. The molecule has 1 aromatic carbocycles. The number of halogens is 1. The summed E-state index contributed by atoms with van der Waals surface area (Å²) in [6, 6.07) is 6.76. The van der Waals surface area contributed by atoms with Gasteiger partial charge in [-0.1, -0.05) is 18.2 Å². The second-order valence-electron chi connectivity index (χ2n) is 3.91. The molecule has 1 aliphatic heterocycles. The summed E-state index contributed by atoms with van der Waals surface area (Å²) in [7, 11) is 0. The van der Waals surface area contributed by atoms with Gasteiger partial charge >= 0.3 is 5.97 Å². The molecule has 5 nitrogen and oxygen atoms in total.